The zero-order valence-electron chi connectivity index (χ0n) is 9.52. The van der Waals surface area contributed by atoms with Gasteiger partial charge >= 0.3 is 0 Å². The van der Waals surface area contributed by atoms with Crippen LogP contribution in [0.4, 0.5) is 0 Å². The molecule has 86 valence electrons. The highest BCUT2D eigenvalue weighted by Crippen LogP contribution is 2.18. The molecule has 3 heteroatoms. The van der Waals surface area contributed by atoms with Crippen molar-refractivity contribution in [3.8, 4) is 5.75 Å². The second-order valence-electron chi connectivity index (χ2n) is 4.24. The Balaban J connectivity index is 1.83. The van der Waals surface area contributed by atoms with Gasteiger partial charge in [-0.25, -0.2) is 0 Å². The summed E-state index contributed by atoms with van der Waals surface area (Å²) in [6, 6.07) is 9.91. The molecule has 0 bridgehead atoms. The zero-order valence-corrected chi connectivity index (χ0v) is 9.52. The van der Waals surface area contributed by atoms with Gasteiger partial charge in [-0.3, -0.25) is 0 Å². The number of nitrogens with two attached hydrogens (primary N) is 1. The predicted molar refractivity (Wildman–Crippen MR) is 64.9 cm³/mol. The molecule has 1 heterocycles. The maximum Gasteiger partial charge on any atom is 0.119 e. The molecule has 1 unspecified atom stereocenters. The molecule has 0 fully saturated rings. The number of nitrogens with one attached hydrogen (secondary N) is 1. The van der Waals surface area contributed by atoms with Gasteiger partial charge in [-0.05, 0) is 31.6 Å². The summed E-state index contributed by atoms with van der Waals surface area (Å²) >= 11 is 0. The van der Waals surface area contributed by atoms with E-state index < -0.39 is 0 Å². The van der Waals surface area contributed by atoms with Crippen molar-refractivity contribution in [2.75, 3.05) is 6.54 Å². The van der Waals surface area contributed by atoms with Gasteiger partial charge in [-0.15, -0.1) is 0 Å². The molecule has 1 aliphatic rings. The molecule has 0 spiro atoms. The molecular formula is C13H18N2O. The van der Waals surface area contributed by atoms with Gasteiger partial charge in [0.2, 0.25) is 0 Å². The van der Waals surface area contributed by atoms with Crippen molar-refractivity contribution >= 4 is 0 Å². The average molecular weight is 218 g/mol. The third-order valence-corrected chi connectivity index (χ3v) is 2.70. The molecule has 0 amide bonds. The highest BCUT2D eigenvalue weighted by molar-refractivity contribution is 5.21. The molecular weight excluding hydrogens is 200 g/mol. The van der Waals surface area contributed by atoms with Crippen LogP contribution >= 0.6 is 0 Å². The van der Waals surface area contributed by atoms with Crippen LogP contribution in [0.1, 0.15) is 13.3 Å². The van der Waals surface area contributed by atoms with Gasteiger partial charge in [-0.2, -0.15) is 0 Å². The molecule has 2 rings (SSSR count). The van der Waals surface area contributed by atoms with Crippen molar-refractivity contribution in [1.82, 2.24) is 5.32 Å². The lowest BCUT2D eigenvalue weighted by molar-refractivity contribution is 0.197. The first kappa shape index (κ1) is 10.9. The van der Waals surface area contributed by atoms with Crippen LogP contribution in [0.2, 0.25) is 0 Å². The quantitative estimate of drug-likeness (QED) is 0.811. The van der Waals surface area contributed by atoms with Gasteiger partial charge in [0.1, 0.15) is 5.75 Å². The second kappa shape index (κ2) is 4.92. The van der Waals surface area contributed by atoms with Gasteiger partial charge in [0.15, 0.2) is 0 Å². The van der Waals surface area contributed by atoms with Crippen molar-refractivity contribution in [3.05, 3.63) is 42.2 Å². The summed E-state index contributed by atoms with van der Waals surface area (Å²) in [5.41, 5.74) is 5.66. The normalized spacial score (nSPS) is 21.1. The Kier molecular flexibility index (Phi) is 3.34. The van der Waals surface area contributed by atoms with Crippen LogP contribution in [0.5, 0.6) is 5.75 Å². The third-order valence-electron chi connectivity index (χ3n) is 2.70. The Morgan fingerprint density at radius 1 is 1.44 bits per heavy atom. The van der Waals surface area contributed by atoms with Crippen LogP contribution < -0.4 is 15.8 Å². The van der Waals surface area contributed by atoms with Crippen LogP contribution in [0.25, 0.3) is 0 Å². The van der Waals surface area contributed by atoms with Crippen molar-refractivity contribution < 1.29 is 4.74 Å². The predicted octanol–water partition coefficient (Wildman–Crippen LogP) is 1.86. The van der Waals surface area contributed by atoms with E-state index in [-0.39, 0.29) is 6.10 Å². The molecule has 3 N–H and O–H groups in total. The highest BCUT2D eigenvalue weighted by atomic mass is 16.5. The average Bonchev–Trinajstić information content (AvgIpc) is 2.65. The van der Waals surface area contributed by atoms with Crippen molar-refractivity contribution in [1.29, 1.82) is 0 Å². The van der Waals surface area contributed by atoms with E-state index in [1.165, 1.54) is 0 Å². The summed E-state index contributed by atoms with van der Waals surface area (Å²) < 4.78 is 5.81. The molecule has 0 aliphatic carbocycles. The Bertz CT molecular complexity index is 361. The molecule has 2 atom stereocenters. The molecule has 1 aromatic carbocycles. The summed E-state index contributed by atoms with van der Waals surface area (Å²) in [5, 5.41) is 3.12. The minimum Gasteiger partial charge on any atom is -0.491 e. The lowest BCUT2D eigenvalue weighted by atomic mass is 10.0. The van der Waals surface area contributed by atoms with Gasteiger partial charge in [0.05, 0.1) is 11.9 Å². The monoisotopic (exact) mass is 218 g/mol. The largest absolute Gasteiger partial charge is 0.491 e. The molecule has 1 aliphatic heterocycles. The van der Waals surface area contributed by atoms with Crippen LogP contribution in [-0.2, 0) is 0 Å². The van der Waals surface area contributed by atoms with E-state index in [1.54, 1.807) is 0 Å². The SMILES string of the molecule is CC(C[C@H]1C=C(N)NC1)Oc1ccccc1. The van der Waals surface area contributed by atoms with E-state index in [0.717, 1.165) is 24.5 Å². The van der Waals surface area contributed by atoms with Crippen molar-refractivity contribution in [3.63, 3.8) is 0 Å². The molecule has 1 aromatic rings. The first-order valence-electron chi connectivity index (χ1n) is 5.67. The molecule has 0 saturated carbocycles. The summed E-state index contributed by atoms with van der Waals surface area (Å²) in [6.07, 6.45) is 3.27. The van der Waals surface area contributed by atoms with Crippen LogP contribution in [-0.4, -0.2) is 12.6 Å². The summed E-state index contributed by atoms with van der Waals surface area (Å²) in [4.78, 5) is 0. The smallest absolute Gasteiger partial charge is 0.119 e. The highest BCUT2D eigenvalue weighted by Gasteiger charge is 2.17. The van der Waals surface area contributed by atoms with Gasteiger partial charge in [0, 0.05) is 12.5 Å². The Morgan fingerprint density at radius 3 is 2.81 bits per heavy atom. The number of rotatable bonds is 4. The van der Waals surface area contributed by atoms with Crippen molar-refractivity contribution in [2.24, 2.45) is 11.7 Å². The minimum absolute atomic E-state index is 0.205. The fourth-order valence-electron chi connectivity index (χ4n) is 1.98. The molecule has 16 heavy (non-hydrogen) atoms. The summed E-state index contributed by atoms with van der Waals surface area (Å²) in [6.45, 7) is 3.02. The van der Waals surface area contributed by atoms with E-state index in [2.05, 4.69) is 18.3 Å². The second-order valence-corrected chi connectivity index (χ2v) is 4.24. The Morgan fingerprint density at radius 2 is 2.19 bits per heavy atom. The first-order chi connectivity index (χ1) is 7.74. The topological polar surface area (TPSA) is 47.3 Å². The van der Waals surface area contributed by atoms with Crippen LogP contribution in [0.15, 0.2) is 42.2 Å². The van der Waals surface area contributed by atoms with E-state index in [1.807, 2.05) is 30.3 Å². The maximum atomic E-state index is 5.81. The Labute approximate surface area is 96.3 Å². The number of benzene rings is 1. The van der Waals surface area contributed by atoms with Gasteiger partial charge < -0.3 is 15.8 Å². The lowest BCUT2D eigenvalue weighted by Crippen LogP contribution is -2.20. The van der Waals surface area contributed by atoms with Crippen LogP contribution in [0, 0.1) is 5.92 Å². The lowest BCUT2D eigenvalue weighted by Gasteiger charge is -2.17. The summed E-state index contributed by atoms with van der Waals surface area (Å²) in [5.74, 6) is 2.20. The standard InChI is InChI=1S/C13H18N2O/c1-10(7-11-8-13(14)15-9-11)16-12-5-3-2-4-6-12/h2-6,8,10-11,15H,7,9,14H2,1H3/t10?,11-/m0/s1. The number of ether oxygens (including phenoxy) is 1. The molecule has 0 aromatic heterocycles. The zero-order chi connectivity index (χ0) is 11.4. The minimum atomic E-state index is 0.205. The first-order valence-corrected chi connectivity index (χ1v) is 5.67. The van der Waals surface area contributed by atoms with E-state index in [9.17, 15) is 0 Å². The molecule has 3 nitrogen and oxygen atoms in total. The van der Waals surface area contributed by atoms with E-state index >= 15 is 0 Å². The van der Waals surface area contributed by atoms with Gasteiger partial charge in [-0.1, -0.05) is 18.2 Å². The molecule has 0 radical (unpaired) electrons. The van der Waals surface area contributed by atoms with E-state index in [0.29, 0.717) is 5.92 Å². The van der Waals surface area contributed by atoms with E-state index in [4.69, 9.17) is 10.5 Å². The number of hydrogen-bond donors (Lipinski definition) is 2. The summed E-state index contributed by atoms with van der Waals surface area (Å²) in [7, 11) is 0. The Hall–Kier alpha value is -1.64. The fraction of sp³-hybridized carbons (Fsp3) is 0.385. The van der Waals surface area contributed by atoms with Crippen molar-refractivity contribution in [2.45, 2.75) is 19.4 Å². The van der Waals surface area contributed by atoms with Crippen LogP contribution in [0.3, 0.4) is 0 Å². The fourth-order valence-corrected chi connectivity index (χ4v) is 1.98. The molecule has 0 saturated heterocycles. The number of para-hydroxylation sites is 1. The van der Waals surface area contributed by atoms with Gasteiger partial charge in [0.25, 0.3) is 0 Å². The number of hydrogen-bond acceptors (Lipinski definition) is 3. The third kappa shape index (κ3) is 2.92. The maximum absolute atomic E-state index is 5.81.